The summed E-state index contributed by atoms with van der Waals surface area (Å²) in [6.07, 6.45) is 3.08. The lowest BCUT2D eigenvalue weighted by molar-refractivity contribution is 0.0391. The molecule has 3 heteroatoms. The second kappa shape index (κ2) is 3.07. The SMILES string of the molecule is O=C1OC(=O)c2cc(C3=CC3)cc3cccc1c23. The molecule has 2 aromatic rings. The van der Waals surface area contributed by atoms with Gasteiger partial charge in [-0.25, -0.2) is 9.59 Å². The van der Waals surface area contributed by atoms with Gasteiger partial charge in [0.15, 0.2) is 0 Å². The highest BCUT2D eigenvalue weighted by Gasteiger charge is 2.28. The first-order chi connectivity index (χ1) is 8.74. The standard InChI is InChI=1S/C15H8O3/c16-14-11-3-1-2-9-6-10(8-4-5-8)7-12(13(9)11)15(17)18-14/h1-4,6-7H,5H2. The normalized spacial score (nSPS) is 16.6. The molecule has 0 fully saturated rings. The fourth-order valence-electron chi connectivity index (χ4n) is 2.43. The summed E-state index contributed by atoms with van der Waals surface area (Å²) in [6, 6.07) is 9.26. The predicted molar refractivity (Wildman–Crippen MR) is 66.3 cm³/mol. The average Bonchev–Trinajstić information content (AvgIpc) is 3.19. The molecule has 4 rings (SSSR count). The molecule has 0 radical (unpaired) electrons. The third-order valence-electron chi connectivity index (χ3n) is 3.38. The van der Waals surface area contributed by atoms with Crippen molar-refractivity contribution in [3.05, 3.63) is 53.1 Å². The second-order valence-electron chi connectivity index (χ2n) is 4.54. The number of carbonyl (C=O) groups is 2. The Hall–Kier alpha value is -2.42. The molecular formula is C15H8O3. The van der Waals surface area contributed by atoms with Gasteiger partial charge in [-0.1, -0.05) is 18.2 Å². The summed E-state index contributed by atoms with van der Waals surface area (Å²) in [7, 11) is 0. The molecule has 0 atom stereocenters. The van der Waals surface area contributed by atoms with Crippen LogP contribution in [0.15, 0.2) is 36.4 Å². The van der Waals surface area contributed by atoms with Crippen LogP contribution >= 0.6 is 0 Å². The van der Waals surface area contributed by atoms with Crippen LogP contribution in [0, 0.1) is 0 Å². The van der Waals surface area contributed by atoms with Crippen LogP contribution in [0.3, 0.4) is 0 Å². The fraction of sp³-hybridized carbons (Fsp3) is 0.0667. The molecule has 1 aliphatic heterocycles. The van der Waals surface area contributed by atoms with Crippen LogP contribution in [0.25, 0.3) is 16.3 Å². The van der Waals surface area contributed by atoms with Crippen LogP contribution in [0.2, 0.25) is 0 Å². The first-order valence-electron chi connectivity index (χ1n) is 5.77. The number of benzene rings is 2. The maximum absolute atomic E-state index is 11.8. The van der Waals surface area contributed by atoms with Crippen LogP contribution in [-0.4, -0.2) is 11.9 Å². The Morgan fingerprint density at radius 3 is 2.56 bits per heavy atom. The summed E-state index contributed by atoms with van der Waals surface area (Å²) in [6.45, 7) is 0. The zero-order valence-corrected chi connectivity index (χ0v) is 9.40. The summed E-state index contributed by atoms with van der Waals surface area (Å²) in [5.41, 5.74) is 3.24. The van der Waals surface area contributed by atoms with Gasteiger partial charge in [-0.2, -0.15) is 0 Å². The molecule has 1 heterocycles. The van der Waals surface area contributed by atoms with E-state index in [2.05, 4.69) is 6.08 Å². The lowest BCUT2D eigenvalue weighted by Gasteiger charge is -2.16. The molecule has 2 aliphatic rings. The Balaban J connectivity index is 2.15. The van der Waals surface area contributed by atoms with E-state index < -0.39 is 11.9 Å². The predicted octanol–water partition coefficient (Wildman–Crippen LogP) is 2.94. The number of allylic oxidation sites excluding steroid dienone is 2. The molecule has 0 saturated heterocycles. The van der Waals surface area contributed by atoms with Gasteiger partial charge in [0.05, 0.1) is 11.1 Å². The summed E-state index contributed by atoms with van der Waals surface area (Å²) in [5.74, 6) is -1.11. The molecule has 2 aromatic carbocycles. The number of rotatable bonds is 1. The van der Waals surface area contributed by atoms with E-state index >= 15 is 0 Å². The highest BCUT2D eigenvalue weighted by Crippen LogP contribution is 2.36. The van der Waals surface area contributed by atoms with Gasteiger partial charge in [-0.3, -0.25) is 0 Å². The minimum Gasteiger partial charge on any atom is -0.386 e. The highest BCUT2D eigenvalue weighted by molar-refractivity contribution is 6.21. The minimum atomic E-state index is -0.559. The van der Waals surface area contributed by atoms with Crippen molar-refractivity contribution in [1.29, 1.82) is 0 Å². The number of cyclic esters (lactones) is 2. The van der Waals surface area contributed by atoms with E-state index in [0.29, 0.717) is 16.5 Å². The van der Waals surface area contributed by atoms with E-state index in [1.165, 1.54) is 5.57 Å². The molecule has 3 nitrogen and oxygen atoms in total. The molecule has 0 N–H and O–H groups in total. The Kier molecular flexibility index (Phi) is 1.64. The molecular weight excluding hydrogens is 228 g/mol. The maximum atomic E-state index is 11.8. The number of hydrogen-bond donors (Lipinski definition) is 0. The zero-order chi connectivity index (χ0) is 12.3. The van der Waals surface area contributed by atoms with Crippen LogP contribution in [0.4, 0.5) is 0 Å². The smallest absolute Gasteiger partial charge is 0.346 e. The van der Waals surface area contributed by atoms with Crippen LogP contribution in [0.5, 0.6) is 0 Å². The molecule has 86 valence electrons. The summed E-state index contributed by atoms with van der Waals surface area (Å²) >= 11 is 0. The Morgan fingerprint density at radius 2 is 1.78 bits per heavy atom. The first kappa shape index (κ1) is 9.59. The third-order valence-corrected chi connectivity index (χ3v) is 3.38. The van der Waals surface area contributed by atoms with E-state index in [0.717, 1.165) is 17.4 Å². The molecule has 1 aliphatic carbocycles. The molecule has 0 saturated carbocycles. The lowest BCUT2D eigenvalue weighted by Crippen LogP contribution is -2.19. The Labute approximate surface area is 103 Å². The highest BCUT2D eigenvalue weighted by atomic mass is 16.6. The van der Waals surface area contributed by atoms with Crippen LogP contribution in [0.1, 0.15) is 32.7 Å². The van der Waals surface area contributed by atoms with Gasteiger partial charge in [-0.05, 0) is 41.1 Å². The van der Waals surface area contributed by atoms with Crippen LogP contribution < -0.4 is 0 Å². The van der Waals surface area contributed by atoms with E-state index in [-0.39, 0.29) is 0 Å². The van der Waals surface area contributed by atoms with Crippen molar-refractivity contribution in [2.24, 2.45) is 0 Å². The second-order valence-corrected chi connectivity index (χ2v) is 4.54. The first-order valence-corrected chi connectivity index (χ1v) is 5.77. The molecule has 18 heavy (non-hydrogen) atoms. The van der Waals surface area contributed by atoms with Crippen molar-refractivity contribution in [2.45, 2.75) is 6.42 Å². The lowest BCUT2D eigenvalue weighted by atomic mass is 9.94. The van der Waals surface area contributed by atoms with Gasteiger partial charge in [-0.15, -0.1) is 0 Å². The summed E-state index contributed by atoms with van der Waals surface area (Å²) < 4.78 is 4.76. The van der Waals surface area contributed by atoms with Crippen molar-refractivity contribution in [3.63, 3.8) is 0 Å². The number of carbonyl (C=O) groups excluding carboxylic acids is 2. The van der Waals surface area contributed by atoms with Gasteiger partial charge in [0.1, 0.15) is 0 Å². The van der Waals surface area contributed by atoms with Gasteiger partial charge in [0.25, 0.3) is 0 Å². The topological polar surface area (TPSA) is 43.4 Å². The van der Waals surface area contributed by atoms with E-state index in [4.69, 9.17) is 4.74 Å². The van der Waals surface area contributed by atoms with Crippen LogP contribution in [-0.2, 0) is 4.74 Å². The summed E-state index contributed by atoms with van der Waals surface area (Å²) in [5, 5.41) is 1.63. The van der Waals surface area contributed by atoms with Gasteiger partial charge in [0, 0.05) is 5.39 Å². The Morgan fingerprint density at radius 1 is 1.00 bits per heavy atom. The van der Waals surface area contributed by atoms with Gasteiger partial charge < -0.3 is 4.74 Å². The van der Waals surface area contributed by atoms with Crippen molar-refractivity contribution in [3.8, 4) is 0 Å². The fourth-order valence-corrected chi connectivity index (χ4v) is 2.43. The Bertz CT molecular complexity index is 769. The average molecular weight is 236 g/mol. The maximum Gasteiger partial charge on any atom is 0.346 e. The van der Waals surface area contributed by atoms with Gasteiger partial charge in [0.2, 0.25) is 0 Å². The van der Waals surface area contributed by atoms with E-state index in [1.54, 1.807) is 6.07 Å². The molecule has 0 aromatic heterocycles. The quantitative estimate of drug-likeness (QED) is 0.564. The number of hydrogen-bond acceptors (Lipinski definition) is 3. The van der Waals surface area contributed by atoms with Gasteiger partial charge >= 0.3 is 11.9 Å². The number of ether oxygens (including phenoxy) is 1. The van der Waals surface area contributed by atoms with E-state index in [9.17, 15) is 9.59 Å². The molecule has 0 bridgehead atoms. The minimum absolute atomic E-state index is 0.471. The molecule has 0 unspecified atom stereocenters. The molecule has 0 spiro atoms. The third kappa shape index (κ3) is 1.19. The summed E-state index contributed by atoms with van der Waals surface area (Å²) in [4.78, 5) is 23.5. The van der Waals surface area contributed by atoms with Crippen molar-refractivity contribution in [1.82, 2.24) is 0 Å². The zero-order valence-electron chi connectivity index (χ0n) is 9.40. The van der Waals surface area contributed by atoms with E-state index in [1.807, 2.05) is 24.3 Å². The van der Waals surface area contributed by atoms with Crippen molar-refractivity contribution in [2.75, 3.05) is 0 Å². The largest absolute Gasteiger partial charge is 0.386 e. The molecule has 0 amide bonds. The monoisotopic (exact) mass is 236 g/mol. The number of esters is 2. The van der Waals surface area contributed by atoms with Crippen molar-refractivity contribution < 1.29 is 14.3 Å². The van der Waals surface area contributed by atoms with Crippen molar-refractivity contribution >= 4 is 28.3 Å².